The molecule has 45 heavy (non-hydrogen) atoms. The predicted molar refractivity (Wildman–Crippen MR) is 161 cm³/mol. The van der Waals surface area contributed by atoms with Crippen LogP contribution in [0.5, 0.6) is 0 Å². The summed E-state index contributed by atoms with van der Waals surface area (Å²) in [5.74, 6) is -3.75. The molecule has 2 aliphatic rings. The third-order valence-corrected chi connectivity index (χ3v) is 8.13. The number of amides is 2. The number of benzene rings is 2. The molecule has 3 heterocycles. The second-order valence-electron chi connectivity index (χ2n) is 11.2. The van der Waals surface area contributed by atoms with Gasteiger partial charge in [0.1, 0.15) is 11.9 Å². The quantitative estimate of drug-likeness (QED) is 0.252. The first-order valence-electron chi connectivity index (χ1n) is 14.4. The molecule has 11 nitrogen and oxygen atoms in total. The number of alkyl halides is 2. The molecule has 0 bridgehead atoms. The third kappa shape index (κ3) is 5.98. The Kier molecular flexibility index (Phi) is 8.01. The van der Waals surface area contributed by atoms with E-state index in [1.807, 2.05) is 12.1 Å². The second kappa shape index (κ2) is 12.1. The van der Waals surface area contributed by atoms with Crippen LogP contribution in [0.15, 0.2) is 79.3 Å². The zero-order valence-electron chi connectivity index (χ0n) is 24.2. The highest BCUT2D eigenvalue weighted by Gasteiger charge is 2.47. The predicted octanol–water partition coefficient (Wildman–Crippen LogP) is 4.98. The zero-order valence-corrected chi connectivity index (χ0v) is 24.2. The summed E-state index contributed by atoms with van der Waals surface area (Å²) in [6.07, 6.45) is 2.69. The van der Waals surface area contributed by atoms with Gasteiger partial charge in [0, 0.05) is 43.3 Å². The van der Waals surface area contributed by atoms with Gasteiger partial charge < -0.3 is 10.5 Å². The molecule has 13 heteroatoms. The largest absolute Gasteiger partial charge is 0.766 e. The van der Waals surface area contributed by atoms with Crippen LogP contribution in [0, 0.1) is 23.5 Å². The Balaban J connectivity index is 1.47. The number of nitrogens with one attached hydrogen (secondary N) is 2. The van der Waals surface area contributed by atoms with Crippen molar-refractivity contribution in [2.24, 2.45) is 0 Å². The smallest absolute Gasteiger partial charge is 0.252 e. The number of hydrogen-bond donors (Lipinski definition) is 2. The van der Waals surface area contributed by atoms with E-state index < -0.39 is 42.9 Å². The van der Waals surface area contributed by atoms with Gasteiger partial charge in [0.15, 0.2) is 0 Å². The lowest BCUT2D eigenvalue weighted by Gasteiger charge is -2.51. The molecule has 2 aromatic carbocycles. The van der Waals surface area contributed by atoms with Gasteiger partial charge in [-0.15, -0.1) is 0 Å². The standard InChI is InChI=1S/C32H29F2N8O3/c1-20-5-2-3-8-26(20)30(31(44)39-24-15-32(33,34)16-24)41(25-7-4-6-22(14-25)23-18-37-38-19-23)42(45)28-9-10-29(43)40(28)27-13-21(17-35)11-12-36-27/h2-8,11-14,18-19,24,28,30H,9-10,15-16H2,1H3,(H,37,38)(H,39,44)/q-1/t28-,30+/m1/s1. The Morgan fingerprint density at radius 2 is 1.98 bits per heavy atom. The fourth-order valence-corrected chi connectivity index (χ4v) is 5.86. The summed E-state index contributed by atoms with van der Waals surface area (Å²) >= 11 is 0. The van der Waals surface area contributed by atoms with E-state index in [1.165, 1.54) is 28.2 Å². The Morgan fingerprint density at radius 3 is 2.69 bits per heavy atom. The highest BCUT2D eigenvalue weighted by molar-refractivity contribution is 5.95. The summed E-state index contributed by atoms with van der Waals surface area (Å²) in [5.41, 5.74) is 3.20. The molecular formula is C32H29F2N8O3-. The highest BCUT2D eigenvalue weighted by Crippen LogP contribution is 2.40. The highest BCUT2D eigenvalue weighted by atomic mass is 19.3. The number of pyridine rings is 1. The van der Waals surface area contributed by atoms with Gasteiger partial charge >= 0.3 is 0 Å². The Hall–Kier alpha value is -5.19. The van der Waals surface area contributed by atoms with E-state index in [9.17, 15) is 28.8 Å². The average Bonchev–Trinajstić information content (AvgIpc) is 3.70. The number of hydrogen-bond acceptors (Lipinski definition) is 8. The van der Waals surface area contributed by atoms with E-state index in [2.05, 4.69) is 20.5 Å². The summed E-state index contributed by atoms with van der Waals surface area (Å²) in [6.45, 7) is 1.80. The molecule has 1 aliphatic heterocycles. The SMILES string of the molecule is Cc1ccccc1[C@@H](C(=O)NC1CC(F)(F)C1)N(c1cccc(-c2cn[nH]c2)c1)N([O-])[C@@H]1CCC(=O)N1c1cc(C#N)ccn1. The van der Waals surface area contributed by atoms with Gasteiger partial charge in [0.25, 0.3) is 5.92 Å². The maximum Gasteiger partial charge on any atom is 0.252 e. The molecule has 2 atom stereocenters. The molecule has 2 amide bonds. The van der Waals surface area contributed by atoms with Crippen LogP contribution in [0.4, 0.5) is 20.3 Å². The van der Waals surface area contributed by atoms with E-state index in [1.54, 1.807) is 61.8 Å². The molecule has 0 spiro atoms. The first-order valence-corrected chi connectivity index (χ1v) is 14.4. The Morgan fingerprint density at radius 1 is 1.18 bits per heavy atom. The number of rotatable bonds is 9. The van der Waals surface area contributed by atoms with Gasteiger partial charge in [0.05, 0.1) is 29.7 Å². The van der Waals surface area contributed by atoms with Crippen molar-refractivity contribution < 1.29 is 18.4 Å². The van der Waals surface area contributed by atoms with Crippen molar-refractivity contribution in [1.29, 1.82) is 5.26 Å². The maximum atomic E-state index is 14.8. The van der Waals surface area contributed by atoms with Crippen LogP contribution in [-0.2, 0) is 9.59 Å². The minimum atomic E-state index is -2.87. The molecule has 4 aromatic rings. The van der Waals surface area contributed by atoms with E-state index in [0.717, 1.165) is 5.56 Å². The van der Waals surface area contributed by atoms with E-state index in [0.29, 0.717) is 27.5 Å². The van der Waals surface area contributed by atoms with Crippen molar-refractivity contribution in [3.05, 3.63) is 101 Å². The van der Waals surface area contributed by atoms with Gasteiger partial charge in [-0.05, 0) is 54.3 Å². The van der Waals surface area contributed by atoms with Crippen LogP contribution in [0.2, 0.25) is 0 Å². The van der Waals surface area contributed by atoms with Crippen LogP contribution >= 0.6 is 0 Å². The number of hydrazine groups is 1. The topological polar surface area (TPSA) is 144 Å². The number of aromatic nitrogens is 3. The normalized spacial score (nSPS) is 18.4. The summed E-state index contributed by atoms with van der Waals surface area (Å²) in [5, 5.41) is 35.6. The zero-order chi connectivity index (χ0) is 31.7. The first-order chi connectivity index (χ1) is 21.6. The number of halogens is 2. The van der Waals surface area contributed by atoms with Gasteiger partial charge in [-0.2, -0.15) is 10.4 Å². The number of nitriles is 1. The van der Waals surface area contributed by atoms with Gasteiger partial charge in [0.2, 0.25) is 11.8 Å². The third-order valence-electron chi connectivity index (χ3n) is 8.13. The number of H-pyrrole nitrogens is 1. The summed E-state index contributed by atoms with van der Waals surface area (Å²) in [7, 11) is 0. The lowest BCUT2D eigenvalue weighted by molar-refractivity contribution is -0.131. The molecule has 1 aliphatic carbocycles. The lowest BCUT2D eigenvalue weighted by Crippen LogP contribution is -2.58. The number of anilines is 2. The average molecular weight is 612 g/mol. The number of nitrogens with zero attached hydrogens (tertiary/aromatic N) is 6. The maximum absolute atomic E-state index is 14.8. The molecular weight excluding hydrogens is 582 g/mol. The van der Waals surface area contributed by atoms with Crippen molar-refractivity contribution in [1.82, 2.24) is 25.7 Å². The number of aryl methyl sites for hydroxylation is 1. The lowest BCUT2D eigenvalue weighted by atomic mass is 9.87. The molecule has 230 valence electrons. The van der Waals surface area contributed by atoms with E-state index in [-0.39, 0.29) is 30.1 Å². The number of carbonyl (C=O) groups is 2. The Labute approximate surface area is 257 Å². The molecule has 0 unspecified atom stereocenters. The van der Waals surface area contributed by atoms with Gasteiger partial charge in [-0.1, -0.05) is 36.4 Å². The van der Waals surface area contributed by atoms with E-state index in [4.69, 9.17) is 0 Å². The number of aromatic amines is 1. The fourth-order valence-electron chi connectivity index (χ4n) is 5.86. The second-order valence-corrected chi connectivity index (χ2v) is 11.2. The minimum absolute atomic E-state index is 0.0309. The van der Waals surface area contributed by atoms with Crippen LogP contribution in [0.1, 0.15) is 48.4 Å². The van der Waals surface area contributed by atoms with Crippen molar-refractivity contribution in [3.8, 4) is 17.2 Å². The monoisotopic (exact) mass is 611 g/mol. The van der Waals surface area contributed by atoms with Crippen molar-refractivity contribution in [3.63, 3.8) is 0 Å². The summed E-state index contributed by atoms with van der Waals surface area (Å²) in [4.78, 5) is 32.8. The molecule has 6 rings (SSSR count). The van der Waals surface area contributed by atoms with Gasteiger partial charge in [-0.3, -0.25) is 29.8 Å². The van der Waals surface area contributed by atoms with Crippen LogP contribution in [0.3, 0.4) is 0 Å². The Bertz CT molecular complexity index is 1750. The molecule has 2 fully saturated rings. The molecule has 1 saturated carbocycles. The van der Waals surface area contributed by atoms with Crippen molar-refractivity contribution >= 4 is 23.3 Å². The minimum Gasteiger partial charge on any atom is -0.766 e. The van der Waals surface area contributed by atoms with Gasteiger partial charge in [-0.25, -0.2) is 13.8 Å². The van der Waals surface area contributed by atoms with Crippen LogP contribution in [-0.4, -0.2) is 50.3 Å². The summed E-state index contributed by atoms with van der Waals surface area (Å²) in [6, 6.07) is 16.9. The first kappa shape index (κ1) is 29.9. The molecule has 2 aromatic heterocycles. The van der Waals surface area contributed by atoms with E-state index >= 15 is 0 Å². The van der Waals surface area contributed by atoms with Crippen LogP contribution < -0.4 is 15.2 Å². The summed E-state index contributed by atoms with van der Waals surface area (Å²) < 4.78 is 27.5. The molecule has 1 saturated heterocycles. The number of carbonyl (C=O) groups excluding carboxylic acids is 2. The van der Waals surface area contributed by atoms with Crippen LogP contribution in [0.25, 0.3) is 11.1 Å². The van der Waals surface area contributed by atoms with Crippen molar-refractivity contribution in [2.45, 2.75) is 56.8 Å². The number of hydroxylamine groups is 1. The van der Waals surface area contributed by atoms with Crippen molar-refractivity contribution in [2.75, 3.05) is 9.91 Å². The molecule has 2 N–H and O–H groups in total. The fraction of sp³-hybridized carbons (Fsp3) is 0.281. The molecule has 0 radical (unpaired) electrons.